The lowest BCUT2D eigenvalue weighted by atomic mass is 9.69. The summed E-state index contributed by atoms with van der Waals surface area (Å²) in [6, 6.07) is 10.9. The van der Waals surface area contributed by atoms with Gasteiger partial charge in [-0.1, -0.05) is 41.9 Å². The van der Waals surface area contributed by atoms with Crippen molar-refractivity contribution < 1.29 is 23.8 Å². The second-order valence-corrected chi connectivity index (χ2v) is 10.1. The Bertz CT molecular complexity index is 1250. The highest BCUT2D eigenvalue weighted by Crippen LogP contribution is 2.48. The largest absolute Gasteiger partial charge is 0.493 e. The van der Waals surface area contributed by atoms with Crippen LogP contribution in [0, 0.1) is 5.92 Å². The molecule has 1 aliphatic heterocycles. The van der Waals surface area contributed by atoms with Gasteiger partial charge in [-0.2, -0.15) is 0 Å². The Morgan fingerprint density at radius 1 is 1.00 bits per heavy atom. The van der Waals surface area contributed by atoms with Crippen LogP contribution in [0.5, 0.6) is 11.5 Å². The molecule has 1 aliphatic carbocycles. The van der Waals surface area contributed by atoms with E-state index < -0.39 is 17.8 Å². The van der Waals surface area contributed by atoms with E-state index in [1.807, 2.05) is 18.2 Å². The number of methoxy groups -OCH3 is 2. The average Bonchev–Trinajstić information content (AvgIpc) is 2.83. The summed E-state index contributed by atoms with van der Waals surface area (Å²) in [6.07, 6.45) is 0.539. The Morgan fingerprint density at radius 2 is 1.69 bits per heavy atom. The molecule has 0 saturated heterocycles. The maximum atomic E-state index is 13.7. The molecule has 2 aromatic carbocycles. The van der Waals surface area contributed by atoms with Crippen LogP contribution in [0.3, 0.4) is 0 Å². The molecule has 0 spiro atoms. The first-order valence-electron chi connectivity index (χ1n) is 11.7. The molecule has 8 heteroatoms. The van der Waals surface area contributed by atoms with Crippen LogP contribution in [-0.4, -0.2) is 32.1 Å². The van der Waals surface area contributed by atoms with E-state index in [1.165, 1.54) is 0 Å². The number of carbonyl (C=O) groups is 2. The van der Waals surface area contributed by atoms with Gasteiger partial charge >= 0.3 is 5.97 Å². The van der Waals surface area contributed by atoms with Gasteiger partial charge in [0.05, 0.1) is 30.4 Å². The summed E-state index contributed by atoms with van der Waals surface area (Å²) < 4.78 is 16.4. The third-order valence-electron chi connectivity index (χ3n) is 6.63. The monoisotopic (exact) mass is 529 g/mol. The van der Waals surface area contributed by atoms with E-state index in [2.05, 4.69) is 11.9 Å². The van der Waals surface area contributed by atoms with Crippen molar-refractivity contribution in [3.63, 3.8) is 0 Å². The summed E-state index contributed by atoms with van der Waals surface area (Å²) in [6.45, 7) is 7.72. The van der Waals surface area contributed by atoms with Crippen molar-refractivity contribution in [3.8, 4) is 11.5 Å². The normalized spacial score (nSPS) is 21.7. The first kappa shape index (κ1) is 26.1. The van der Waals surface area contributed by atoms with Gasteiger partial charge in [0.25, 0.3) is 0 Å². The molecule has 3 atom stereocenters. The zero-order chi connectivity index (χ0) is 26.1. The lowest BCUT2D eigenvalue weighted by Crippen LogP contribution is -2.42. The molecule has 0 radical (unpaired) electrons. The van der Waals surface area contributed by atoms with Crippen molar-refractivity contribution >= 4 is 35.0 Å². The van der Waals surface area contributed by atoms with Gasteiger partial charge in [-0.25, -0.2) is 0 Å². The molecule has 0 aromatic heterocycles. The molecule has 1 N–H and O–H groups in total. The van der Waals surface area contributed by atoms with Crippen molar-refractivity contribution in [1.82, 2.24) is 5.32 Å². The molecule has 6 nitrogen and oxygen atoms in total. The Hall–Kier alpha value is -2.96. The van der Waals surface area contributed by atoms with E-state index in [0.29, 0.717) is 44.8 Å². The second-order valence-electron chi connectivity index (χ2n) is 9.30. The summed E-state index contributed by atoms with van der Waals surface area (Å²) in [5.41, 5.74) is 3.47. The number of ketones is 1. The standard InChI is InChI=1S/C28H29Cl2NO5/c1-14(2)36-28(33)25-15(3)31-21-11-18(16-7-9-23(34-4)24(13-16)35-5)12-22(32)27(21)26(25)17-6-8-19(29)20(30)10-17/h6-10,13-14,18,25-26,31H,3,11-12H2,1-2,4-5H3. The zero-order valence-corrected chi connectivity index (χ0v) is 22.2. The van der Waals surface area contributed by atoms with Crippen LogP contribution in [-0.2, 0) is 14.3 Å². The molecule has 0 bridgehead atoms. The number of halogens is 2. The van der Waals surface area contributed by atoms with Crippen molar-refractivity contribution in [3.05, 3.63) is 81.1 Å². The second kappa shape index (κ2) is 10.6. The summed E-state index contributed by atoms with van der Waals surface area (Å²) >= 11 is 12.5. The summed E-state index contributed by atoms with van der Waals surface area (Å²) in [5, 5.41) is 4.02. The zero-order valence-electron chi connectivity index (χ0n) is 20.7. The fraction of sp³-hybridized carbons (Fsp3) is 0.357. The third-order valence-corrected chi connectivity index (χ3v) is 7.37. The number of nitrogens with one attached hydrogen (secondary N) is 1. The van der Waals surface area contributed by atoms with Gasteiger partial charge in [-0.15, -0.1) is 0 Å². The van der Waals surface area contributed by atoms with Gasteiger partial charge < -0.3 is 19.5 Å². The van der Waals surface area contributed by atoms with E-state index in [0.717, 1.165) is 11.3 Å². The topological polar surface area (TPSA) is 73.9 Å². The van der Waals surface area contributed by atoms with Gasteiger partial charge in [-0.3, -0.25) is 9.59 Å². The Kier molecular flexibility index (Phi) is 7.67. The number of Topliss-reactive ketones (excluding diaryl/α,β-unsaturated/α-hetero) is 1. The predicted molar refractivity (Wildman–Crippen MR) is 140 cm³/mol. The summed E-state index contributed by atoms with van der Waals surface area (Å²) in [7, 11) is 3.17. The molecule has 0 fully saturated rings. The highest BCUT2D eigenvalue weighted by atomic mass is 35.5. The highest BCUT2D eigenvalue weighted by molar-refractivity contribution is 6.42. The minimum Gasteiger partial charge on any atom is -0.493 e. The molecular formula is C28H29Cl2NO5. The fourth-order valence-corrected chi connectivity index (χ4v) is 5.35. The lowest BCUT2D eigenvalue weighted by molar-refractivity contribution is -0.151. The molecule has 2 aliphatic rings. The van der Waals surface area contributed by atoms with Gasteiger partial charge in [-0.05, 0) is 61.6 Å². The number of carbonyl (C=O) groups excluding carboxylic acids is 2. The molecule has 0 amide bonds. The summed E-state index contributed by atoms with van der Waals surface area (Å²) in [4.78, 5) is 26.9. The predicted octanol–water partition coefficient (Wildman–Crippen LogP) is 6.18. The van der Waals surface area contributed by atoms with Crippen molar-refractivity contribution in [2.24, 2.45) is 5.92 Å². The molecule has 1 heterocycles. The highest BCUT2D eigenvalue weighted by Gasteiger charge is 2.45. The molecule has 3 unspecified atom stereocenters. The number of allylic oxidation sites excluding steroid dienone is 2. The number of ether oxygens (including phenoxy) is 3. The van der Waals surface area contributed by atoms with Crippen LogP contribution in [0.15, 0.2) is 59.9 Å². The Balaban J connectivity index is 1.79. The number of hydrogen-bond donors (Lipinski definition) is 1. The minimum atomic E-state index is -0.787. The molecule has 36 heavy (non-hydrogen) atoms. The number of rotatable bonds is 6. The van der Waals surface area contributed by atoms with Gasteiger partial charge in [0, 0.05) is 29.3 Å². The van der Waals surface area contributed by atoms with Crippen molar-refractivity contribution in [2.45, 2.75) is 44.6 Å². The minimum absolute atomic E-state index is 0.0468. The molecular weight excluding hydrogens is 501 g/mol. The Labute approximate surface area is 221 Å². The maximum Gasteiger partial charge on any atom is 0.316 e. The van der Waals surface area contributed by atoms with Crippen LogP contribution in [0.1, 0.15) is 49.7 Å². The van der Waals surface area contributed by atoms with E-state index in [1.54, 1.807) is 46.3 Å². The van der Waals surface area contributed by atoms with Crippen LogP contribution in [0.2, 0.25) is 10.0 Å². The van der Waals surface area contributed by atoms with E-state index in [9.17, 15) is 9.59 Å². The third kappa shape index (κ3) is 4.97. The lowest BCUT2D eigenvalue weighted by Gasteiger charge is -2.40. The van der Waals surface area contributed by atoms with E-state index in [-0.39, 0.29) is 24.2 Å². The summed E-state index contributed by atoms with van der Waals surface area (Å²) in [5.74, 6) is -0.718. The van der Waals surface area contributed by atoms with Crippen LogP contribution in [0.25, 0.3) is 0 Å². The number of esters is 1. The maximum absolute atomic E-state index is 13.7. The van der Waals surface area contributed by atoms with Crippen LogP contribution >= 0.6 is 23.2 Å². The van der Waals surface area contributed by atoms with Gasteiger partial charge in [0.1, 0.15) is 5.92 Å². The average molecular weight is 530 g/mol. The van der Waals surface area contributed by atoms with E-state index in [4.69, 9.17) is 37.4 Å². The van der Waals surface area contributed by atoms with Crippen LogP contribution in [0.4, 0.5) is 0 Å². The smallest absolute Gasteiger partial charge is 0.316 e. The quantitative estimate of drug-likeness (QED) is 0.450. The van der Waals surface area contributed by atoms with Crippen molar-refractivity contribution in [1.29, 1.82) is 0 Å². The van der Waals surface area contributed by atoms with Gasteiger partial charge in [0.15, 0.2) is 17.3 Å². The molecule has 190 valence electrons. The van der Waals surface area contributed by atoms with E-state index >= 15 is 0 Å². The molecule has 2 aromatic rings. The van der Waals surface area contributed by atoms with Crippen LogP contribution < -0.4 is 14.8 Å². The SMILES string of the molecule is C=C1NC2=C(C(=O)CC(c3ccc(OC)c(OC)c3)C2)C(c2ccc(Cl)c(Cl)c2)C1C(=O)OC(C)C. The number of benzene rings is 2. The van der Waals surface area contributed by atoms with Gasteiger partial charge in [0.2, 0.25) is 0 Å². The fourth-order valence-electron chi connectivity index (χ4n) is 5.04. The molecule has 4 rings (SSSR count). The molecule has 0 saturated carbocycles. The number of hydrogen-bond acceptors (Lipinski definition) is 6. The first-order valence-corrected chi connectivity index (χ1v) is 12.5. The van der Waals surface area contributed by atoms with Crippen molar-refractivity contribution in [2.75, 3.05) is 14.2 Å². The Morgan fingerprint density at radius 3 is 2.33 bits per heavy atom. The first-order chi connectivity index (χ1) is 17.1.